The first-order valence-electron chi connectivity index (χ1n) is 6.55. The quantitative estimate of drug-likeness (QED) is 0.895. The summed E-state index contributed by atoms with van der Waals surface area (Å²) in [7, 11) is 1.69. The molecule has 5 heteroatoms. The summed E-state index contributed by atoms with van der Waals surface area (Å²) < 4.78 is 0.693. The highest BCUT2D eigenvalue weighted by Crippen LogP contribution is 2.26. The Balaban J connectivity index is 2.10. The molecule has 2 rings (SSSR count). The molecule has 1 saturated heterocycles. The topological polar surface area (TPSA) is 52.6 Å². The minimum absolute atomic E-state index is 0.0358. The van der Waals surface area contributed by atoms with Crippen LogP contribution in [0.25, 0.3) is 0 Å². The molecular formula is C14H19BrN2O2. The lowest BCUT2D eigenvalue weighted by Gasteiger charge is -2.34. The summed E-state index contributed by atoms with van der Waals surface area (Å²) in [5, 5.41) is 12.2. The first-order chi connectivity index (χ1) is 9.11. The van der Waals surface area contributed by atoms with Crippen LogP contribution < -0.4 is 5.32 Å². The van der Waals surface area contributed by atoms with Crippen LogP contribution in [0.15, 0.2) is 22.7 Å². The molecule has 1 aromatic rings. The fourth-order valence-corrected chi connectivity index (χ4v) is 2.95. The number of phenols is 1. The molecular weight excluding hydrogens is 308 g/mol. The summed E-state index contributed by atoms with van der Waals surface area (Å²) in [6.45, 7) is 1.67. The van der Waals surface area contributed by atoms with Gasteiger partial charge in [0.2, 0.25) is 5.91 Å². The molecule has 104 valence electrons. The van der Waals surface area contributed by atoms with Gasteiger partial charge in [0.1, 0.15) is 5.75 Å². The van der Waals surface area contributed by atoms with Crippen molar-refractivity contribution in [3.8, 4) is 5.75 Å². The fourth-order valence-electron chi connectivity index (χ4n) is 2.53. The van der Waals surface area contributed by atoms with Crippen molar-refractivity contribution < 1.29 is 9.90 Å². The van der Waals surface area contributed by atoms with Gasteiger partial charge in [-0.15, -0.1) is 0 Å². The van der Waals surface area contributed by atoms with E-state index in [0.29, 0.717) is 4.47 Å². The van der Waals surface area contributed by atoms with Gasteiger partial charge in [0.05, 0.1) is 10.5 Å². The molecule has 2 N–H and O–H groups in total. The second-order valence-electron chi connectivity index (χ2n) is 4.88. The van der Waals surface area contributed by atoms with Gasteiger partial charge in [-0.2, -0.15) is 0 Å². The van der Waals surface area contributed by atoms with Crippen LogP contribution in [0, 0.1) is 0 Å². The van der Waals surface area contributed by atoms with E-state index in [9.17, 15) is 9.90 Å². The van der Waals surface area contributed by atoms with Crippen molar-refractivity contribution in [2.75, 3.05) is 13.6 Å². The summed E-state index contributed by atoms with van der Waals surface area (Å²) in [5.74, 6) is 0.336. The molecule has 1 atom stereocenters. The molecule has 0 bridgehead atoms. The van der Waals surface area contributed by atoms with Crippen LogP contribution in [-0.4, -0.2) is 35.5 Å². The predicted octanol–water partition coefficient (Wildman–Crippen LogP) is 2.26. The molecule has 1 heterocycles. The van der Waals surface area contributed by atoms with Crippen molar-refractivity contribution >= 4 is 21.8 Å². The molecule has 1 aromatic carbocycles. The number of likely N-dealkylation sites (N-methyl/N-ethyl adjacent to an activating group) is 1. The summed E-state index contributed by atoms with van der Waals surface area (Å²) in [6.07, 6.45) is 3.15. The van der Waals surface area contributed by atoms with Crippen molar-refractivity contribution in [1.29, 1.82) is 0 Å². The van der Waals surface area contributed by atoms with Gasteiger partial charge in [0.15, 0.2) is 0 Å². The summed E-state index contributed by atoms with van der Waals surface area (Å²) >= 11 is 3.32. The lowest BCUT2D eigenvalue weighted by atomic mass is 10.0. The third-order valence-corrected chi connectivity index (χ3v) is 4.20. The van der Waals surface area contributed by atoms with E-state index >= 15 is 0 Å². The highest BCUT2D eigenvalue weighted by molar-refractivity contribution is 9.10. The number of rotatable bonds is 3. The van der Waals surface area contributed by atoms with Gasteiger partial charge in [-0.25, -0.2) is 0 Å². The van der Waals surface area contributed by atoms with E-state index in [-0.39, 0.29) is 17.7 Å². The third kappa shape index (κ3) is 3.48. The van der Waals surface area contributed by atoms with Gasteiger partial charge in [0.25, 0.3) is 0 Å². The lowest BCUT2D eigenvalue weighted by molar-refractivity contribution is -0.127. The number of carbonyl (C=O) groups is 1. The van der Waals surface area contributed by atoms with Gasteiger partial charge in [-0.3, -0.25) is 9.69 Å². The normalized spacial score (nSPS) is 20.2. The summed E-state index contributed by atoms with van der Waals surface area (Å²) in [4.78, 5) is 14.1. The molecule has 1 aliphatic rings. The van der Waals surface area contributed by atoms with Gasteiger partial charge in [-0.1, -0.05) is 12.5 Å². The Bertz CT molecular complexity index is 465. The third-order valence-electron chi connectivity index (χ3n) is 3.56. The highest BCUT2D eigenvalue weighted by Gasteiger charge is 2.27. The first kappa shape index (κ1) is 14.3. The molecule has 1 aliphatic heterocycles. The van der Waals surface area contributed by atoms with Crippen LogP contribution in [0.1, 0.15) is 24.8 Å². The lowest BCUT2D eigenvalue weighted by Crippen LogP contribution is -2.48. The zero-order valence-electron chi connectivity index (χ0n) is 11.0. The van der Waals surface area contributed by atoms with Crippen molar-refractivity contribution in [3.63, 3.8) is 0 Å². The van der Waals surface area contributed by atoms with Crippen molar-refractivity contribution in [2.45, 2.75) is 31.8 Å². The summed E-state index contributed by atoms with van der Waals surface area (Å²) in [5.41, 5.74) is 1.10. The van der Waals surface area contributed by atoms with E-state index < -0.39 is 0 Å². The molecule has 0 spiro atoms. The van der Waals surface area contributed by atoms with Crippen LogP contribution in [-0.2, 0) is 11.3 Å². The van der Waals surface area contributed by atoms with Gasteiger partial charge >= 0.3 is 0 Å². The van der Waals surface area contributed by atoms with Crippen LogP contribution in [0.4, 0.5) is 0 Å². The number of aromatic hydroxyl groups is 1. The van der Waals surface area contributed by atoms with E-state index in [1.807, 2.05) is 12.1 Å². The maximum absolute atomic E-state index is 11.9. The van der Waals surface area contributed by atoms with Crippen LogP contribution in [0.2, 0.25) is 0 Å². The minimum Gasteiger partial charge on any atom is -0.507 e. The number of carbonyl (C=O) groups excluding carboxylic acids is 1. The van der Waals surface area contributed by atoms with Crippen LogP contribution >= 0.6 is 15.9 Å². The number of piperidine rings is 1. The predicted molar refractivity (Wildman–Crippen MR) is 77.9 cm³/mol. The Morgan fingerprint density at radius 2 is 2.32 bits per heavy atom. The number of nitrogens with zero attached hydrogens (tertiary/aromatic N) is 1. The molecule has 0 aromatic heterocycles. The average molecular weight is 327 g/mol. The first-order valence-corrected chi connectivity index (χ1v) is 7.34. The second-order valence-corrected chi connectivity index (χ2v) is 5.74. The van der Waals surface area contributed by atoms with E-state index in [2.05, 4.69) is 26.1 Å². The van der Waals surface area contributed by atoms with E-state index in [1.54, 1.807) is 13.1 Å². The zero-order chi connectivity index (χ0) is 13.8. The number of hydrogen-bond acceptors (Lipinski definition) is 3. The second kappa shape index (κ2) is 6.39. The average Bonchev–Trinajstić information content (AvgIpc) is 2.43. The van der Waals surface area contributed by atoms with E-state index in [0.717, 1.165) is 37.9 Å². The Morgan fingerprint density at radius 1 is 1.53 bits per heavy atom. The maximum Gasteiger partial charge on any atom is 0.237 e. The standard InChI is InChI=1S/C14H19BrN2O2/c1-16-14(19)12-4-2-3-7-17(12)9-10-5-6-13(18)11(15)8-10/h5-6,8,12,18H,2-4,7,9H2,1H3,(H,16,19). The molecule has 4 nitrogen and oxygen atoms in total. The Morgan fingerprint density at radius 3 is 3.00 bits per heavy atom. The molecule has 19 heavy (non-hydrogen) atoms. The van der Waals surface area contributed by atoms with E-state index in [1.165, 1.54) is 0 Å². The maximum atomic E-state index is 11.9. The van der Waals surface area contributed by atoms with Gasteiger partial charge in [0, 0.05) is 13.6 Å². The molecule has 1 unspecified atom stereocenters. The Labute approximate surface area is 121 Å². The van der Waals surface area contributed by atoms with Gasteiger partial charge < -0.3 is 10.4 Å². The van der Waals surface area contributed by atoms with Crippen molar-refractivity contribution in [2.24, 2.45) is 0 Å². The number of amides is 1. The van der Waals surface area contributed by atoms with Crippen LogP contribution in [0.5, 0.6) is 5.75 Å². The molecule has 0 radical (unpaired) electrons. The van der Waals surface area contributed by atoms with Gasteiger partial charge in [-0.05, 0) is 53.0 Å². The SMILES string of the molecule is CNC(=O)C1CCCCN1Cc1ccc(O)c(Br)c1. The number of phenolic OH excluding ortho intramolecular Hbond substituents is 1. The van der Waals surface area contributed by atoms with Crippen molar-refractivity contribution in [3.05, 3.63) is 28.2 Å². The monoisotopic (exact) mass is 326 g/mol. The smallest absolute Gasteiger partial charge is 0.237 e. The Hall–Kier alpha value is -1.07. The molecule has 1 amide bonds. The number of nitrogens with one attached hydrogen (secondary N) is 1. The number of halogens is 1. The van der Waals surface area contributed by atoms with Crippen LogP contribution in [0.3, 0.4) is 0 Å². The zero-order valence-corrected chi connectivity index (χ0v) is 12.6. The highest BCUT2D eigenvalue weighted by atomic mass is 79.9. The fraction of sp³-hybridized carbons (Fsp3) is 0.500. The minimum atomic E-state index is -0.0358. The molecule has 0 saturated carbocycles. The number of benzene rings is 1. The largest absolute Gasteiger partial charge is 0.507 e. The molecule has 1 fully saturated rings. The summed E-state index contributed by atoms with van der Waals surface area (Å²) in [6, 6.07) is 5.45. The Kier molecular flexibility index (Phi) is 4.82. The molecule has 0 aliphatic carbocycles. The number of hydrogen-bond donors (Lipinski definition) is 2. The van der Waals surface area contributed by atoms with E-state index in [4.69, 9.17) is 0 Å². The van der Waals surface area contributed by atoms with Crippen molar-refractivity contribution in [1.82, 2.24) is 10.2 Å². The number of likely N-dealkylation sites (tertiary alicyclic amines) is 1.